The van der Waals surface area contributed by atoms with Crippen molar-refractivity contribution in [2.45, 2.75) is 13.0 Å². The summed E-state index contributed by atoms with van der Waals surface area (Å²) in [5.41, 5.74) is 1.39. The van der Waals surface area contributed by atoms with Crippen LogP contribution < -0.4 is 0 Å². The average Bonchev–Trinajstić information content (AvgIpc) is 2.29. The summed E-state index contributed by atoms with van der Waals surface area (Å²) in [7, 11) is 0. The first kappa shape index (κ1) is 12.2. The van der Waals surface area contributed by atoms with Gasteiger partial charge in [-0.25, -0.2) is 13.8 Å². The van der Waals surface area contributed by atoms with Gasteiger partial charge in [0.25, 0.3) is 6.43 Å². The summed E-state index contributed by atoms with van der Waals surface area (Å²) < 4.78 is 28.7. The number of rotatable bonds is 4. The van der Waals surface area contributed by atoms with Crippen molar-refractivity contribution in [1.82, 2.24) is 4.98 Å². The van der Waals surface area contributed by atoms with E-state index in [0.717, 1.165) is 10.9 Å². The Kier molecular flexibility index (Phi) is 3.86. The molecule has 17 heavy (non-hydrogen) atoms. The number of alkyl halides is 2. The van der Waals surface area contributed by atoms with Gasteiger partial charge in [-0.2, -0.15) is 0 Å². The number of pyridine rings is 1. The highest BCUT2D eigenvalue weighted by Crippen LogP contribution is 2.21. The lowest BCUT2D eigenvalue weighted by atomic mass is 10.2. The van der Waals surface area contributed by atoms with Crippen molar-refractivity contribution in [2.75, 3.05) is 6.61 Å². The largest absolute Gasteiger partial charge is 0.371 e. The first-order valence-electron chi connectivity index (χ1n) is 5.07. The van der Waals surface area contributed by atoms with Crippen LogP contribution >= 0.6 is 11.6 Å². The fourth-order valence-corrected chi connectivity index (χ4v) is 1.70. The van der Waals surface area contributed by atoms with Gasteiger partial charge in [0.15, 0.2) is 0 Å². The maximum absolute atomic E-state index is 11.9. The molecule has 0 N–H and O–H groups in total. The van der Waals surface area contributed by atoms with E-state index in [9.17, 15) is 8.78 Å². The first-order chi connectivity index (χ1) is 8.16. The zero-order chi connectivity index (χ0) is 12.3. The maximum atomic E-state index is 11.9. The molecule has 0 unspecified atom stereocenters. The predicted octanol–water partition coefficient (Wildman–Crippen LogP) is 3.67. The minimum Gasteiger partial charge on any atom is -0.371 e. The predicted molar refractivity (Wildman–Crippen MR) is 62.4 cm³/mol. The van der Waals surface area contributed by atoms with E-state index in [1.165, 1.54) is 0 Å². The Bertz CT molecular complexity index is 519. The molecular weight excluding hydrogens is 248 g/mol. The monoisotopic (exact) mass is 257 g/mol. The Hall–Kier alpha value is -1.26. The number of halogens is 3. The SMILES string of the molecule is FC(F)COCc1cc2ccccc2nc1Cl. The first-order valence-corrected chi connectivity index (χ1v) is 5.44. The Balaban J connectivity index is 2.19. The summed E-state index contributed by atoms with van der Waals surface area (Å²) in [5.74, 6) is 0. The standard InChI is InChI=1S/C12H10ClF2NO/c13-12-9(6-17-7-11(14)15)5-8-3-1-2-4-10(8)16-12/h1-5,11H,6-7H2. The third kappa shape index (κ3) is 3.11. The lowest BCUT2D eigenvalue weighted by molar-refractivity contribution is 0.00986. The molecule has 1 aromatic heterocycles. The molecule has 0 saturated heterocycles. The van der Waals surface area contributed by atoms with Gasteiger partial charge in [0.05, 0.1) is 12.1 Å². The van der Waals surface area contributed by atoms with E-state index in [4.69, 9.17) is 16.3 Å². The lowest BCUT2D eigenvalue weighted by Gasteiger charge is -2.07. The van der Waals surface area contributed by atoms with E-state index in [1.807, 2.05) is 24.3 Å². The fourth-order valence-electron chi connectivity index (χ4n) is 1.50. The Labute approximate surface area is 102 Å². The molecule has 5 heteroatoms. The highest BCUT2D eigenvalue weighted by Gasteiger charge is 2.07. The Morgan fingerprint density at radius 1 is 1.29 bits per heavy atom. The molecule has 2 nitrogen and oxygen atoms in total. The molecule has 0 radical (unpaired) electrons. The second-order valence-electron chi connectivity index (χ2n) is 3.54. The number of fused-ring (bicyclic) bond motifs is 1. The van der Waals surface area contributed by atoms with Crippen molar-refractivity contribution in [3.8, 4) is 0 Å². The van der Waals surface area contributed by atoms with Gasteiger partial charge in [0.2, 0.25) is 0 Å². The summed E-state index contributed by atoms with van der Waals surface area (Å²) in [4.78, 5) is 4.17. The van der Waals surface area contributed by atoms with Crippen LogP contribution in [0.25, 0.3) is 10.9 Å². The van der Waals surface area contributed by atoms with Gasteiger partial charge >= 0.3 is 0 Å². The van der Waals surface area contributed by atoms with E-state index in [-0.39, 0.29) is 11.8 Å². The van der Waals surface area contributed by atoms with Crippen LogP contribution in [-0.2, 0) is 11.3 Å². The van der Waals surface area contributed by atoms with Crippen molar-refractivity contribution in [3.05, 3.63) is 41.0 Å². The summed E-state index contributed by atoms with van der Waals surface area (Å²) in [6.45, 7) is -0.551. The van der Waals surface area contributed by atoms with Crippen LogP contribution in [0.5, 0.6) is 0 Å². The van der Waals surface area contributed by atoms with Crippen molar-refractivity contribution in [2.24, 2.45) is 0 Å². The van der Waals surface area contributed by atoms with Crippen molar-refractivity contribution >= 4 is 22.5 Å². The zero-order valence-electron chi connectivity index (χ0n) is 8.87. The van der Waals surface area contributed by atoms with Crippen LogP contribution in [0.1, 0.15) is 5.56 Å². The number of hydrogen-bond acceptors (Lipinski definition) is 2. The fraction of sp³-hybridized carbons (Fsp3) is 0.250. The summed E-state index contributed by atoms with van der Waals surface area (Å²) in [6, 6.07) is 9.26. The molecule has 0 saturated carbocycles. The number of benzene rings is 1. The minimum atomic E-state index is -2.47. The molecule has 0 fully saturated rings. The second-order valence-corrected chi connectivity index (χ2v) is 3.90. The quantitative estimate of drug-likeness (QED) is 0.780. The van der Waals surface area contributed by atoms with Crippen molar-refractivity contribution in [1.29, 1.82) is 0 Å². The van der Waals surface area contributed by atoms with Crippen LogP contribution in [0.4, 0.5) is 8.78 Å². The average molecular weight is 258 g/mol. The molecule has 0 atom stereocenters. The third-order valence-corrected chi connectivity index (χ3v) is 2.58. The number of para-hydroxylation sites is 1. The van der Waals surface area contributed by atoms with Gasteiger partial charge in [-0.3, -0.25) is 0 Å². The van der Waals surface area contributed by atoms with Crippen LogP contribution in [-0.4, -0.2) is 18.0 Å². The molecule has 90 valence electrons. The van der Waals surface area contributed by atoms with Crippen LogP contribution in [0.2, 0.25) is 5.15 Å². The smallest absolute Gasteiger partial charge is 0.261 e. The van der Waals surface area contributed by atoms with E-state index in [0.29, 0.717) is 5.56 Å². The molecule has 0 aliphatic rings. The third-order valence-electron chi connectivity index (χ3n) is 2.25. The van der Waals surface area contributed by atoms with Crippen LogP contribution in [0.15, 0.2) is 30.3 Å². The molecule has 0 spiro atoms. The number of hydrogen-bond donors (Lipinski definition) is 0. The molecule has 0 bridgehead atoms. The highest BCUT2D eigenvalue weighted by molar-refractivity contribution is 6.30. The molecular formula is C12H10ClF2NO. The minimum absolute atomic E-state index is 0.0427. The van der Waals surface area contributed by atoms with Gasteiger partial charge in [-0.15, -0.1) is 0 Å². The molecule has 1 aromatic carbocycles. The molecule has 0 aliphatic carbocycles. The van der Waals surface area contributed by atoms with Gasteiger partial charge in [-0.1, -0.05) is 29.8 Å². The highest BCUT2D eigenvalue weighted by atomic mass is 35.5. The van der Waals surface area contributed by atoms with E-state index in [2.05, 4.69) is 4.98 Å². The normalized spacial score (nSPS) is 11.3. The molecule has 2 rings (SSSR count). The topological polar surface area (TPSA) is 22.1 Å². The van der Waals surface area contributed by atoms with Gasteiger partial charge in [-0.05, 0) is 12.1 Å². The summed E-state index contributed by atoms with van der Waals surface area (Å²) >= 11 is 5.94. The van der Waals surface area contributed by atoms with Crippen LogP contribution in [0, 0.1) is 0 Å². The van der Waals surface area contributed by atoms with Crippen molar-refractivity contribution < 1.29 is 13.5 Å². The van der Waals surface area contributed by atoms with Gasteiger partial charge in [0.1, 0.15) is 11.8 Å². The van der Waals surface area contributed by atoms with Crippen LogP contribution in [0.3, 0.4) is 0 Å². The number of ether oxygens (including phenoxy) is 1. The van der Waals surface area contributed by atoms with E-state index >= 15 is 0 Å². The molecule has 1 heterocycles. The zero-order valence-corrected chi connectivity index (χ0v) is 9.62. The number of nitrogens with zero attached hydrogens (tertiary/aromatic N) is 1. The number of aromatic nitrogens is 1. The Morgan fingerprint density at radius 2 is 2.06 bits per heavy atom. The van der Waals surface area contributed by atoms with Gasteiger partial charge < -0.3 is 4.74 Å². The summed E-state index contributed by atoms with van der Waals surface area (Å²) in [6.07, 6.45) is -2.47. The van der Waals surface area contributed by atoms with Gasteiger partial charge in [0, 0.05) is 10.9 Å². The summed E-state index contributed by atoms with van der Waals surface area (Å²) in [5, 5.41) is 1.20. The molecule has 0 amide bonds. The van der Waals surface area contributed by atoms with Crippen molar-refractivity contribution in [3.63, 3.8) is 0 Å². The maximum Gasteiger partial charge on any atom is 0.261 e. The van der Waals surface area contributed by atoms with E-state index in [1.54, 1.807) is 6.07 Å². The molecule has 2 aromatic rings. The lowest BCUT2D eigenvalue weighted by Crippen LogP contribution is -2.04. The molecule has 0 aliphatic heterocycles. The Morgan fingerprint density at radius 3 is 2.82 bits per heavy atom. The van der Waals surface area contributed by atoms with E-state index < -0.39 is 13.0 Å². The second kappa shape index (κ2) is 5.38.